The monoisotopic (exact) mass is 272 g/mol. The van der Waals surface area contributed by atoms with E-state index in [-0.39, 0.29) is 0 Å². The molecule has 0 aliphatic heterocycles. The van der Waals surface area contributed by atoms with Crippen LogP contribution >= 0.6 is 0 Å². The van der Waals surface area contributed by atoms with Gasteiger partial charge < -0.3 is 4.74 Å². The molecule has 0 aliphatic rings. The Morgan fingerprint density at radius 1 is 1.26 bits per heavy atom. The molecule has 1 unspecified atom stereocenters. The summed E-state index contributed by atoms with van der Waals surface area (Å²) in [5.41, 5.74) is 3.47. The van der Waals surface area contributed by atoms with Crippen LogP contribution in [0.4, 0.5) is 0 Å². The molecule has 0 aromatic carbocycles. The van der Waals surface area contributed by atoms with Crippen LogP contribution in [0.3, 0.4) is 0 Å². The zero-order valence-corrected chi connectivity index (χ0v) is 13.2. The number of rotatable bonds is 5. The fourth-order valence-corrected chi connectivity index (χ4v) is 3.81. The quantitative estimate of drug-likeness (QED) is 0.776. The standard InChI is InChI=1S/C15H20N2OSi/c1-4-18-12(3)19-14-6-5-9-16-15(14)13-8-7-11(2)10-17-13/h5-10,12H,4,19H2,1-3H3. The highest BCUT2D eigenvalue weighted by Crippen LogP contribution is 2.12. The second-order valence-corrected chi connectivity index (χ2v) is 7.02. The fourth-order valence-electron chi connectivity index (χ4n) is 2.09. The molecule has 2 aromatic heterocycles. The Bertz CT molecular complexity index is 528. The molecule has 3 nitrogen and oxygen atoms in total. The molecule has 19 heavy (non-hydrogen) atoms. The van der Waals surface area contributed by atoms with Crippen LogP contribution in [0.25, 0.3) is 11.4 Å². The van der Waals surface area contributed by atoms with Gasteiger partial charge >= 0.3 is 0 Å². The summed E-state index contributed by atoms with van der Waals surface area (Å²) in [5, 5.41) is 1.32. The molecule has 2 rings (SSSR count). The van der Waals surface area contributed by atoms with Crippen LogP contribution < -0.4 is 5.19 Å². The van der Waals surface area contributed by atoms with Gasteiger partial charge in [-0.3, -0.25) is 9.97 Å². The minimum absolute atomic E-state index is 0.332. The van der Waals surface area contributed by atoms with Crippen LogP contribution in [0.1, 0.15) is 19.4 Å². The summed E-state index contributed by atoms with van der Waals surface area (Å²) in [6.07, 6.45) is 3.72. The highest BCUT2D eigenvalue weighted by molar-refractivity contribution is 6.56. The van der Waals surface area contributed by atoms with Crippen LogP contribution in [0.2, 0.25) is 0 Å². The summed E-state index contributed by atoms with van der Waals surface area (Å²) < 4.78 is 5.67. The molecule has 2 aromatic rings. The largest absolute Gasteiger partial charge is 0.382 e. The number of hydrogen-bond donors (Lipinski definition) is 0. The minimum atomic E-state index is -0.505. The van der Waals surface area contributed by atoms with Gasteiger partial charge in [0.05, 0.1) is 20.9 Å². The molecule has 100 valence electrons. The van der Waals surface area contributed by atoms with E-state index in [4.69, 9.17) is 4.74 Å². The van der Waals surface area contributed by atoms with Crippen molar-refractivity contribution in [3.8, 4) is 11.4 Å². The van der Waals surface area contributed by atoms with Crippen molar-refractivity contribution in [1.29, 1.82) is 0 Å². The first-order chi connectivity index (χ1) is 9.20. The van der Waals surface area contributed by atoms with Crippen molar-refractivity contribution in [2.24, 2.45) is 0 Å². The Morgan fingerprint density at radius 3 is 2.79 bits per heavy atom. The third kappa shape index (κ3) is 3.72. The summed E-state index contributed by atoms with van der Waals surface area (Å²) in [6, 6.07) is 8.28. The first kappa shape index (κ1) is 13.9. The number of aryl methyl sites for hydroxylation is 1. The first-order valence-electron chi connectivity index (χ1n) is 6.69. The van der Waals surface area contributed by atoms with Gasteiger partial charge in [-0.25, -0.2) is 0 Å². The first-order valence-corrected chi connectivity index (χ1v) is 8.21. The van der Waals surface area contributed by atoms with Crippen molar-refractivity contribution in [2.75, 3.05) is 6.61 Å². The van der Waals surface area contributed by atoms with Gasteiger partial charge in [-0.05, 0) is 43.7 Å². The molecule has 1 atom stereocenters. The topological polar surface area (TPSA) is 35.0 Å². The van der Waals surface area contributed by atoms with Gasteiger partial charge in [0.1, 0.15) is 0 Å². The van der Waals surface area contributed by atoms with Gasteiger partial charge in [-0.1, -0.05) is 12.1 Å². The lowest BCUT2D eigenvalue weighted by molar-refractivity contribution is 0.130. The third-order valence-corrected chi connectivity index (χ3v) is 4.82. The van der Waals surface area contributed by atoms with E-state index in [0.717, 1.165) is 18.0 Å². The average molecular weight is 272 g/mol. The summed E-state index contributed by atoms with van der Waals surface area (Å²) in [6.45, 7) is 7.00. The second kappa shape index (κ2) is 6.59. The van der Waals surface area contributed by atoms with Crippen LogP contribution in [0, 0.1) is 6.92 Å². The SMILES string of the molecule is CCOC(C)[SiH2]c1cccnc1-c1ccc(C)cn1. The van der Waals surface area contributed by atoms with E-state index >= 15 is 0 Å². The Balaban J connectivity index is 2.28. The Kier molecular flexibility index (Phi) is 4.82. The highest BCUT2D eigenvalue weighted by atomic mass is 28.2. The van der Waals surface area contributed by atoms with Gasteiger partial charge in [0.25, 0.3) is 0 Å². The van der Waals surface area contributed by atoms with Crippen molar-refractivity contribution in [2.45, 2.75) is 26.5 Å². The van der Waals surface area contributed by atoms with Crippen LogP contribution in [-0.4, -0.2) is 31.8 Å². The molecule has 0 aliphatic carbocycles. The van der Waals surface area contributed by atoms with E-state index < -0.39 is 9.52 Å². The van der Waals surface area contributed by atoms with Gasteiger partial charge in [0.2, 0.25) is 0 Å². The number of hydrogen-bond acceptors (Lipinski definition) is 3. The maximum absolute atomic E-state index is 5.67. The van der Waals surface area contributed by atoms with Crippen molar-refractivity contribution in [3.63, 3.8) is 0 Å². The Morgan fingerprint density at radius 2 is 2.11 bits per heavy atom. The normalized spacial score (nSPS) is 13.0. The number of nitrogens with zero attached hydrogens (tertiary/aromatic N) is 2. The lowest BCUT2D eigenvalue weighted by atomic mass is 10.2. The van der Waals surface area contributed by atoms with E-state index in [1.54, 1.807) is 0 Å². The van der Waals surface area contributed by atoms with E-state index in [1.807, 2.05) is 38.4 Å². The minimum Gasteiger partial charge on any atom is -0.382 e. The summed E-state index contributed by atoms with van der Waals surface area (Å²) >= 11 is 0. The molecular weight excluding hydrogens is 252 g/mol. The predicted octanol–water partition coefficient (Wildman–Crippen LogP) is 1.63. The van der Waals surface area contributed by atoms with Crippen LogP contribution in [0.5, 0.6) is 0 Å². The van der Waals surface area contributed by atoms with Crippen LogP contribution in [0.15, 0.2) is 36.7 Å². The van der Waals surface area contributed by atoms with Crippen molar-refractivity contribution in [3.05, 3.63) is 42.2 Å². The van der Waals surface area contributed by atoms with E-state index in [2.05, 4.69) is 29.0 Å². The number of aromatic nitrogens is 2. The maximum Gasteiger partial charge on any atom is 0.0913 e. The summed E-state index contributed by atoms with van der Waals surface area (Å²) in [7, 11) is -0.505. The zero-order chi connectivity index (χ0) is 13.7. The van der Waals surface area contributed by atoms with E-state index in [9.17, 15) is 0 Å². The molecule has 0 N–H and O–H groups in total. The van der Waals surface area contributed by atoms with Gasteiger partial charge in [-0.2, -0.15) is 0 Å². The van der Waals surface area contributed by atoms with Crippen molar-refractivity contribution < 1.29 is 4.74 Å². The zero-order valence-electron chi connectivity index (χ0n) is 11.8. The molecule has 0 saturated carbocycles. The van der Waals surface area contributed by atoms with Crippen LogP contribution in [-0.2, 0) is 4.74 Å². The molecule has 0 saturated heterocycles. The Labute approximate surface area is 116 Å². The average Bonchev–Trinajstić information content (AvgIpc) is 2.41. The molecule has 0 radical (unpaired) electrons. The maximum atomic E-state index is 5.67. The molecule has 4 heteroatoms. The van der Waals surface area contributed by atoms with Crippen molar-refractivity contribution in [1.82, 2.24) is 9.97 Å². The van der Waals surface area contributed by atoms with E-state index in [0.29, 0.717) is 5.73 Å². The fraction of sp³-hybridized carbons (Fsp3) is 0.333. The smallest absolute Gasteiger partial charge is 0.0913 e. The molecule has 2 heterocycles. The predicted molar refractivity (Wildman–Crippen MR) is 81.5 cm³/mol. The van der Waals surface area contributed by atoms with Gasteiger partial charge in [0, 0.05) is 24.7 Å². The van der Waals surface area contributed by atoms with Gasteiger partial charge in [-0.15, -0.1) is 0 Å². The lowest BCUT2D eigenvalue weighted by Gasteiger charge is -2.13. The van der Waals surface area contributed by atoms with Crippen molar-refractivity contribution >= 4 is 14.7 Å². The molecule has 0 spiro atoms. The lowest BCUT2D eigenvalue weighted by Crippen LogP contribution is -2.30. The molecule has 0 amide bonds. The number of pyridine rings is 2. The summed E-state index contributed by atoms with van der Waals surface area (Å²) in [4.78, 5) is 8.99. The molecular formula is C15H20N2OSi. The second-order valence-electron chi connectivity index (χ2n) is 4.70. The number of ether oxygens (including phenoxy) is 1. The summed E-state index contributed by atoms with van der Waals surface area (Å²) in [5.74, 6) is 0. The van der Waals surface area contributed by atoms with E-state index in [1.165, 1.54) is 10.8 Å². The highest BCUT2D eigenvalue weighted by Gasteiger charge is 2.11. The Hall–Kier alpha value is -1.52. The molecule has 0 fully saturated rings. The van der Waals surface area contributed by atoms with Gasteiger partial charge in [0.15, 0.2) is 0 Å². The third-order valence-electron chi connectivity index (χ3n) is 3.00. The molecule has 0 bridgehead atoms.